The third-order valence-corrected chi connectivity index (χ3v) is 5.38. The van der Waals surface area contributed by atoms with Crippen molar-refractivity contribution in [3.8, 4) is 17.0 Å². The third kappa shape index (κ3) is 2.96. The number of hydrogen-bond donors (Lipinski definition) is 2. The fourth-order valence-corrected chi connectivity index (χ4v) is 3.86. The molecule has 2 aromatic carbocycles. The van der Waals surface area contributed by atoms with Gasteiger partial charge in [-0.25, -0.2) is 8.42 Å². The number of primary amides is 1. The minimum absolute atomic E-state index is 0.0599. The van der Waals surface area contributed by atoms with Gasteiger partial charge in [0.25, 0.3) is 5.91 Å². The predicted molar refractivity (Wildman–Crippen MR) is 88.8 cm³/mol. The number of benzene rings is 2. The Morgan fingerprint density at radius 3 is 2.48 bits per heavy atom. The highest BCUT2D eigenvalue weighted by molar-refractivity contribution is 7.91. The molecular weight excluding hydrogens is 344 g/mol. The zero-order valence-corrected chi connectivity index (χ0v) is 13.9. The van der Waals surface area contributed by atoms with Gasteiger partial charge in [-0.2, -0.15) is 15.4 Å². The second-order valence-corrected chi connectivity index (χ2v) is 6.98. The number of sulfone groups is 1. The van der Waals surface area contributed by atoms with Gasteiger partial charge >= 0.3 is 0 Å². The van der Waals surface area contributed by atoms with E-state index in [1.807, 2.05) is 0 Å². The normalized spacial score (nSPS) is 11.2. The number of ether oxygens (including phenoxy) is 1. The van der Waals surface area contributed by atoms with Gasteiger partial charge < -0.3 is 10.5 Å². The summed E-state index contributed by atoms with van der Waals surface area (Å²) in [5, 5.41) is 9.88. The largest absolute Gasteiger partial charge is 0.497 e. The summed E-state index contributed by atoms with van der Waals surface area (Å²) >= 11 is 0. The van der Waals surface area contributed by atoms with Gasteiger partial charge in [0, 0.05) is 5.56 Å². The van der Waals surface area contributed by atoms with Gasteiger partial charge in [0.15, 0.2) is 5.69 Å². The van der Waals surface area contributed by atoms with Crippen LogP contribution in [0.15, 0.2) is 58.3 Å². The molecule has 0 bridgehead atoms. The molecule has 1 aromatic heterocycles. The molecule has 0 aliphatic rings. The lowest BCUT2D eigenvalue weighted by Gasteiger charge is -2.11. The van der Waals surface area contributed by atoms with E-state index in [4.69, 9.17) is 10.5 Å². The van der Waals surface area contributed by atoms with Gasteiger partial charge in [-0.3, -0.25) is 4.79 Å². The lowest BCUT2D eigenvalue weighted by molar-refractivity contribution is 0.0996. The van der Waals surface area contributed by atoms with Crippen LogP contribution in [0.2, 0.25) is 0 Å². The Balaban J connectivity index is 2.29. The Kier molecular flexibility index (Phi) is 4.24. The van der Waals surface area contributed by atoms with E-state index in [1.165, 1.54) is 31.4 Å². The first-order valence-electron chi connectivity index (χ1n) is 7.14. The molecule has 9 heteroatoms. The number of carbonyl (C=O) groups excluding carboxylic acids is 1. The van der Waals surface area contributed by atoms with E-state index in [0.29, 0.717) is 5.75 Å². The number of aromatic nitrogens is 3. The van der Waals surface area contributed by atoms with Gasteiger partial charge in [-0.15, -0.1) is 0 Å². The summed E-state index contributed by atoms with van der Waals surface area (Å²) < 4.78 is 31.3. The van der Waals surface area contributed by atoms with E-state index in [0.717, 1.165) is 0 Å². The maximum Gasteiger partial charge on any atom is 0.271 e. The number of nitrogens with zero attached hydrogens (tertiary/aromatic N) is 2. The molecule has 3 N–H and O–H groups in total. The Morgan fingerprint density at radius 2 is 1.84 bits per heavy atom. The van der Waals surface area contributed by atoms with Gasteiger partial charge in [-0.1, -0.05) is 18.2 Å². The van der Waals surface area contributed by atoms with Crippen LogP contribution in [-0.2, 0) is 9.84 Å². The second-order valence-electron chi connectivity index (χ2n) is 5.06. The van der Waals surface area contributed by atoms with Crippen LogP contribution in [0.3, 0.4) is 0 Å². The second kappa shape index (κ2) is 6.36. The van der Waals surface area contributed by atoms with Crippen LogP contribution in [0.5, 0.6) is 5.75 Å². The fraction of sp³-hybridized carbons (Fsp3) is 0.0625. The summed E-state index contributed by atoms with van der Waals surface area (Å²) in [4.78, 5) is 11.6. The highest BCUT2D eigenvalue weighted by Crippen LogP contribution is 2.34. The molecule has 8 nitrogen and oxygen atoms in total. The predicted octanol–water partition coefficient (Wildman–Crippen LogP) is 1.41. The quantitative estimate of drug-likeness (QED) is 0.710. The number of aromatic amines is 1. The molecular formula is C16H14N4O4S. The number of carbonyl (C=O) groups is 1. The Hall–Kier alpha value is -3.20. The number of methoxy groups -OCH3 is 1. The lowest BCUT2D eigenvalue weighted by atomic mass is 10.1. The van der Waals surface area contributed by atoms with E-state index >= 15 is 0 Å². The molecule has 0 atom stereocenters. The Labute approximate surface area is 143 Å². The van der Waals surface area contributed by atoms with Crippen molar-refractivity contribution in [2.24, 2.45) is 5.73 Å². The standard InChI is InChI=1S/C16H14N4O4S/c1-24-10-7-8-12(14-15(16(17)21)19-20-18-14)13(9-10)25(22,23)11-5-3-2-4-6-11/h2-9H,1H3,(H2,17,21)(H,18,19,20). The Bertz CT molecular complexity index is 1030. The van der Waals surface area contributed by atoms with Crippen molar-refractivity contribution in [2.45, 2.75) is 9.79 Å². The molecule has 0 saturated heterocycles. The summed E-state index contributed by atoms with van der Waals surface area (Å²) in [6.45, 7) is 0. The maximum absolute atomic E-state index is 13.1. The van der Waals surface area contributed by atoms with Crippen molar-refractivity contribution in [1.29, 1.82) is 0 Å². The summed E-state index contributed by atoms with van der Waals surface area (Å²) in [7, 11) is -2.46. The first-order chi connectivity index (χ1) is 11.9. The van der Waals surface area contributed by atoms with Crippen molar-refractivity contribution < 1.29 is 17.9 Å². The number of amides is 1. The SMILES string of the molecule is COc1ccc(-c2n[nH]nc2C(N)=O)c(S(=O)(=O)c2ccccc2)c1. The molecule has 0 spiro atoms. The van der Waals surface area contributed by atoms with Crippen LogP contribution in [0.25, 0.3) is 11.3 Å². The molecule has 0 saturated carbocycles. The molecule has 0 fully saturated rings. The molecule has 1 amide bonds. The first-order valence-corrected chi connectivity index (χ1v) is 8.62. The minimum Gasteiger partial charge on any atom is -0.497 e. The number of hydrogen-bond acceptors (Lipinski definition) is 6. The summed E-state index contributed by atoms with van der Waals surface area (Å²) in [6, 6.07) is 12.4. The van der Waals surface area contributed by atoms with E-state index in [2.05, 4.69) is 15.4 Å². The molecule has 25 heavy (non-hydrogen) atoms. The lowest BCUT2D eigenvalue weighted by Crippen LogP contribution is -2.13. The van der Waals surface area contributed by atoms with Crippen LogP contribution >= 0.6 is 0 Å². The van der Waals surface area contributed by atoms with E-state index < -0.39 is 15.7 Å². The van der Waals surface area contributed by atoms with Crippen LogP contribution in [0, 0.1) is 0 Å². The first kappa shape index (κ1) is 16.7. The van der Waals surface area contributed by atoms with Crippen LogP contribution in [-0.4, -0.2) is 36.8 Å². The smallest absolute Gasteiger partial charge is 0.271 e. The zero-order chi connectivity index (χ0) is 18.0. The van der Waals surface area contributed by atoms with Crippen LogP contribution < -0.4 is 10.5 Å². The van der Waals surface area contributed by atoms with E-state index in [1.54, 1.807) is 24.3 Å². The zero-order valence-electron chi connectivity index (χ0n) is 13.1. The highest BCUT2D eigenvalue weighted by atomic mass is 32.2. The molecule has 0 radical (unpaired) electrons. The molecule has 128 valence electrons. The van der Waals surface area contributed by atoms with E-state index in [9.17, 15) is 13.2 Å². The topological polar surface area (TPSA) is 128 Å². The molecule has 0 unspecified atom stereocenters. The number of H-pyrrole nitrogens is 1. The minimum atomic E-state index is -3.88. The molecule has 1 heterocycles. The average molecular weight is 358 g/mol. The summed E-state index contributed by atoms with van der Waals surface area (Å²) in [5.41, 5.74) is 5.40. The van der Waals surface area contributed by atoms with Gasteiger partial charge in [0.1, 0.15) is 11.4 Å². The van der Waals surface area contributed by atoms with Crippen LogP contribution in [0.4, 0.5) is 0 Å². The van der Waals surface area contributed by atoms with Crippen molar-refractivity contribution in [3.05, 3.63) is 54.2 Å². The molecule has 3 rings (SSSR count). The number of nitrogens with two attached hydrogens (primary N) is 1. The maximum atomic E-state index is 13.1. The van der Waals surface area contributed by atoms with Gasteiger partial charge in [0.05, 0.1) is 16.9 Å². The monoisotopic (exact) mass is 358 g/mol. The average Bonchev–Trinajstić information content (AvgIpc) is 3.12. The van der Waals surface area contributed by atoms with Gasteiger partial charge in [-0.05, 0) is 30.3 Å². The van der Waals surface area contributed by atoms with Crippen molar-refractivity contribution in [1.82, 2.24) is 15.4 Å². The summed E-state index contributed by atoms with van der Waals surface area (Å²) in [5.74, 6) is -0.468. The van der Waals surface area contributed by atoms with Crippen LogP contribution in [0.1, 0.15) is 10.5 Å². The van der Waals surface area contributed by atoms with Crippen molar-refractivity contribution in [2.75, 3.05) is 7.11 Å². The van der Waals surface area contributed by atoms with Crippen molar-refractivity contribution >= 4 is 15.7 Å². The number of nitrogens with one attached hydrogen (secondary N) is 1. The van der Waals surface area contributed by atoms with Crippen molar-refractivity contribution in [3.63, 3.8) is 0 Å². The Morgan fingerprint density at radius 1 is 1.12 bits per heavy atom. The fourth-order valence-electron chi connectivity index (χ4n) is 2.36. The molecule has 3 aromatic rings. The molecule has 0 aliphatic heterocycles. The van der Waals surface area contributed by atoms with E-state index in [-0.39, 0.29) is 26.7 Å². The van der Waals surface area contributed by atoms with Gasteiger partial charge in [0.2, 0.25) is 9.84 Å². The molecule has 0 aliphatic carbocycles. The summed E-state index contributed by atoms with van der Waals surface area (Å²) in [6.07, 6.45) is 0. The third-order valence-electron chi connectivity index (χ3n) is 3.57. The number of rotatable bonds is 5. The highest BCUT2D eigenvalue weighted by Gasteiger charge is 2.26.